The van der Waals surface area contributed by atoms with Gasteiger partial charge in [0.25, 0.3) is 0 Å². The Bertz CT molecular complexity index is 1160. The van der Waals surface area contributed by atoms with E-state index in [1.165, 1.54) is 12.1 Å². The summed E-state index contributed by atoms with van der Waals surface area (Å²) in [6.45, 7) is 2.20. The van der Waals surface area contributed by atoms with Gasteiger partial charge < -0.3 is 10.0 Å². The molecule has 4 unspecified atom stereocenters. The topological polar surface area (TPSA) is 77.5 Å². The molecule has 0 bridgehead atoms. The fourth-order valence-electron chi connectivity index (χ4n) is 4.82. The summed E-state index contributed by atoms with van der Waals surface area (Å²) in [5.74, 6) is -0.548. The van der Waals surface area contributed by atoms with Crippen LogP contribution in [0.25, 0.3) is 0 Å². The molecular formula is C24H22ClFN4O2. The van der Waals surface area contributed by atoms with Crippen LogP contribution in [0.1, 0.15) is 34.3 Å². The standard InChI is InChI=1S/C24H22ClFN4O2/c1-13-9-19(31)17(10-18(13)25)21-20-22(29-28-21)24(32)30(12-14-3-2-8-27-11-14)23(20)15-4-6-16(26)7-5-15/h2-11,20-23,28-29,31H,12H2,1H3. The first-order valence-corrected chi connectivity index (χ1v) is 10.8. The average molecular weight is 453 g/mol. The molecule has 1 amide bonds. The van der Waals surface area contributed by atoms with Gasteiger partial charge in [0.1, 0.15) is 17.6 Å². The van der Waals surface area contributed by atoms with Crippen LogP contribution in [0.3, 0.4) is 0 Å². The van der Waals surface area contributed by atoms with E-state index in [-0.39, 0.29) is 35.5 Å². The number of phenols is 1. The quantitative estimate of drug-likeness (QED) is 0.561. The molecule has 2 aromatic carbocycles. The summed E-state index contributed by atoms with van der Waals surface area (Å²) in [5, 5.41) is 11.2. The third kappa shape index (κ3) is 3.52. The van der Waals surface area contributed by atoms with E-state index >= 15 is 0 Å². The van der Waals surface area contributed by atoms with Gasteiger partial charge in [-0.3, -0.25) is 9.78 Å². The molecule has 3 aromatic rings. The lowest BCUT2D eigenvalue weighted by Crippen LogP contribution is -2.41. The number of amides is 1. The van der Waals surface area contributed by atoms with Crippen molar-refractivity contribution in [2.45, 2.75) is 31.6 Å². The van der Waals surface area contributed by atoms with E-state index < -0.39 is 6.04 Å². The van der Waals surface area contributed by atoms with Crippen molar-refractivity contribution in [2.75, 3.05) is 0 Å². The van der Waals surface area contributed by atoms with Crippen LogP contribution in [-0.4, -0.2) is 26.9 Å². The zero-order chi connectivity index (χ0) is 22.4. The summed E-state index contributed by atoms with van der Waals surface area (Å²) < 4.78 is 13.7. The lowest BCUT2D eigenvalue weighted by atomic mass is 9.83. The molecule has 3 heterocycles. The number of benzene rings is 2. The number of nitrogens with zero attached hydrogens (tertiary/aromatic N) is 2. The van der Waals surface area contributed by atoms with Crippen LogP contribution < -0.4 is 10.9 Å². The van der Waals surface area contributed by atoms with Crippen LogP contribution in [0, 0.1) is 18.7 Å². The molecule has 2 aliphatic rings. The molecule has 32 heavy (non-hydrogen) atoms. The van der Waals surface area contributed by atoms with Gasteiger partial charge in [0.05, 0.1) is 12.1 Å². The number of rotatable bonds is 4. The molecule has 0 aliphatic carbocycles. The summed E-state index contributed by atoms with van der Waals surface area (Å²) in [6, 6.07) is 12.1. The predicted molar refractivity (Wildman–Crippen MR) is 118 cm³/mol. The van der Waals surface area contributed by atoms with Crippen LogP contribution in [-0.2, 0) is 11.3 Å². The van der Waals surface area contributed by atoms with E-state index in [4.69, 9.17) is 11.6 Å². The highest BCUT2D eigenvalue weighted by atomic mass is 35.5. The average Bonchev–Trinajstić information content (AvgIpc) is 3.32. The minimum atomic E-state index is -0.508. The number of aromatic hydroxyl groups is 1. The van der Waals surface area contributed by atoms with Crippen molar-refractivity contribution in [1.82, 2.24) is 20.7 Å². The Labute approximate surface area is 190 Å². The first-order valence-electron chi connectivity index (χ1n) is 10.4. The zero-order valence-corrected chi connectivity index (χ0v) is 18.1. The van der Waals surface area contributed by atoms with Crippen molar-refractivity contribution < 1.29 is 14.3 Å². The van der Waals surface area contributed by atoms with E-state index in [0.717, 1.165) is 16.7 Å². The fraction of sp³-hybridized carbons (Fsp3) is 0.250. The van der Waals surface area contributed by atoms with Gasteiger partial charge in [-0.2, -0.15) is 0 Å². The number of hydrogen-bond donors (Lipinski definition) is 3. The predicted octanol–water partition coefficient (Wildman–Crippen LogP) is 3.81. The molecule has 5 rings (SSSR count). The number of halogens is 2. The SMILES string of the molecule is Cc1cc(O)c(C2NNC3C(=O)N(Cc4cccnc4)C(c4ccc(F)cc4)C32)cc1Cl. The Hall–Kier alpha value is -3.00. The lowest BCUT2D eigenvalue weighted by Gasteiger charge is -2.31. The van der Waals surface area contributed by atoms with Crippen molar-refractivity contribution >= 4 is 17.5 Å². The van der Waals surface area contributed by atoms with Crippen molar-refractivity contribution in [3.8, 4) is 5.75 Å². The van der Waals surface area contributed by atoms with Crippen LogP contribution in [0.15, 0.2) is 60.9 Å². The molecular weight excluding hydrogens is 431 g/mol. The van der Waals surface area contributed by atoms with Crippen molar-refractivity contribution in [1.29, 1.82) is 0 Å². The van der Waals surface area contributed by atoms with Gasteiger partial charge in [-0.1, -0.05) is 29.8 Å². The number of phenolic OH excluding ortho intramolecular Hbond substituents is 1. The maximum absolute atomic E-state index is 13.7. The zero-order valence-electron chi connectivity index (χ0n) is 17.3. The minimum absolute atomic E-state index is 0.0686. The van der Waals surface area contributed by atoms with E-state index in [0.29, 0.717) is 17.1 Å². The van der Waals surface area contributed by atoms with Gasteiger partial charge in [-0.15, -0.1) is 0 Å². The first kappa shape index (κ1) is 20.9. The van der Waals surface area contributed by atoms with Gasteiger partial charge in [0.2, 0.25) is 5.91 Å². The molecule has 0 spiro atoms. The van der Waals surface area contributed by atoms with Crippen LogP contribution in [0.2, 0.25) is 5.02 Å². The summed E-state index contributed by atoms with van der Waals surface area (Å²) in [7, 11) is 0. The molecule has 2 fully saturated rings. The molecule has 164 valence electrons. The van der Waals surface area contributed by atoms with E-state index in [1.807, 2.05) is 19.1 Å². The van der Waals surface area contributed by atoms with E-state index in [1.54, 1.807) is 41.6 Å². The van der Waals surface area contributed by atoms with Crippen LogP contribution >= 0.6 is 11.6 Å². The van der Waals surface area contributed by atoms with Gasteiger partial charge in [0, 0.05) is 35.4 Å². The number of carbonyl (C=O) groups is 1. The Morgan fingerprint density at radius 3 is 2.62 bits per heavy atom. The summed E-state index contributed by atoms with van der Waals surface area (Å²) in [5.41, 5.74) is 9.42. The Kier molecular flexibility index (Phi) is 5.33. The number of carbonyl (C=O) groups excluding carboxylic acids is 1. The highest BCUT2D eigenvalue weighted by Gasteiger charge is 2.55. The van der Waals surface area contributed by atoms with Gasteiger partial charge in [-0.25, -0.2) is 15.2 Å². The Balaban J connectivity index is 1.59. The number of pyridine rings is 1. The normalized spacial score (nSPS) is 24.7. The number of nitrogens with one attached hydrogen (secondary N) is 2. The first-order chi connectivity index (χ1) is 15.4. The lowest BCUT2D eigenvalue weighted by molar-refractivity contribution is -0.131. The van der Waals surface area contributed by atoms with Gasteiger partial charge in [0.15, 0.2) is 0 Å². The number of fused-ring (bicyclic) bond motifs is 1. The molecule has 3 N–H and O–H groups in total. The third-order valence-corrected chi connectivity index (χ3v) is 6.75. The third-order valence-electron chi connectivity index (χ3n) is 6.34. The number of hydrogen-bond acceptors (Lipinski definition) is 5. The van der Waals surface area contributed by atoms with Crippen LogP contribution in [0.5, 0.6) is 5.75 Å². The maximum Gasteiger partial charge on any atom is 0.242 e. The molecule has 0 saturated carbocycles. The molecule has 1 aromatic heterocycles. The van der Waals surface area contributed by atoms with Crippen molar-refractivity contribution in [3.05, 3.63) is 94.0 Å². The second-order valence-electron chi connectivity index (χ2n) is 8.31. The molecule has 8 heteroatoms. The highest BCUT2D eigenvalue weighted by Crippen LogP contribution is 2.49. The number of aryl methyl sites for hydroxylation is 1. The summed E-state index contributed by atoms with van der Waals surface area (Å²) >= 11 is 6.36. The highest BCUT2D eigenvalue weighted by molar-refractivity contribution is 6.31. The van der Waals surface area contributed by atoms with Crippen LogP contribution in [0.4, 0.5) is 4.39 Å². The Morgan fingerprint density at radius 1 is 1.16 bits per heavy atom. The second-order valence-corrected chi connectivity index (χ2v) is 8.71. The molecule has 6 nitrogen and oxygen atoms in total. The molecule has 4 atom stereocenters. The monoisotopic (exact) mass is 452 g/mol. The van der Waals surface area contributed by atoms with Crippen molar-refractivity contribution in [3.63, 3.8) is 0 Å². The summed E-state index contributed by atoms with van der Waals surface area (Å²) in [4.78, 5) is 19.4. The fourth-order valence-corrected chi connectivity index (χ4v) is 4.99. The summed E-state index contributed by atoms with van der Waals surface area (Å²) in [6.07, 6.45) is 3.42. The molecule has 2 saturated heterocycles. The largest absolute Gasteiger partial charge is 0.508 e. The second kappa shape index (κ2) is 8.16. The van der Waals surface area contributed by atoms with E-state index in [2.05, 4.69) is 15.8 Å². The number of aromatic nitrogens is 1. The van der Waals surface area contributed by atoms with Gasteiger partial charge in [-0.05, 0) is 53.9 Å². The number of hydrazine groups is 1. The van der Waals surface area contributed by atoms with Crippen molar-refractivity contribution in [2.24, 2.45) is 5.92 Å². The molecule has 2 aliphatic heterocycles. The Morgan fingerprint density at radius 2 is 1.91 bits per heavy atom. The van der Waals surface area contributed by atoms with Gasteiger partial charge >= 0.3 is 0 Å². The smallest absolute Gasteiger partial charge is 0.242 e. The molecule has 0 radical (unpaired) electrons. The van der Waals surface area contributed by atoms with E-state index in [9.17, 15) is 14.3 Å². The maximum atomic E-state index is 13.7. The number of likely N-dealkylation sites (tertiary alicyclic amines) is 1. The minimum Gasteiger partial charge on any atom is -0.508 e.